The highest BCUT2D eigenvalue weighted by molar-refractivity contribution is 5.91. The molecular formula is C11H17N3O2. The summed E-state index contributed by atoms with van der Waals surface area (Å²) in [6.07, 6.45) is 7.20. The molecule has 1 amide bonds. The van der Waals surface area contributed by atoms with Gasteiger partial charge in [-0.05, 0) is 12.8 Å². The molecule has 16 heavy (non-hydrogen) atoms. The van der Waals surface area contributed by atoms with E-state index >= 15 is 0 Å². The van der Waals surface area contributed by atoms with Crippen molar-refractivity contribution in [2.75, 3.05) is 0 Å². The van der Waals surface area contributed by atoms with Gasteiger partial charge in [-0.1, -0.05) is 19.3 Å². The largest absolute Gasteiger partial charge is 0.434 e. The zero-order valence-electron chi connectivity index (χ0n) is 9.24. The minimum absolute atomic E-state index is 0.181. The number of carbonyl (C=O) groups excluding carboxylic acids is 1. The SMILES string of the molecule is NCc1ncc(C(=O)NC2CCCCC2)o1. The molecule has 1 saturated carbocycles. The summed E-state index contributed by atoms with van der Waals surface area (Å²) >= 11 is 0. The predicted molar refractivity (Wildman–Crippen MR) is 58.7 cm³/mol. The van der Waals surface area contributed by atoms with E-state index in [0.29, 0.717) is 5.89 Å². The van der Waals surface area contributed by atoms with Crippen molar-refractivity contribution in [1.82, 2.24) is 10.3 Å². The molecule has 0 unspecified atom stereocenters. The van der Waals surface area contributed by atoms with Crippen LogP contribution in [-0.4, -0.2) is 16.9 Å². The lowest BCUT2D eigenvalue weighted by Gasteiger charge is -2.21. The molecule has 0 radical (unpaired) electrons. The molecule has 3 N–H and O–H groups in total. The first-order valence-corrected chi connectivity index (χ1v) is 5.75. The van der Waals surface area contributed by atoms with Gasteiger partial charge in [0.1, 0.15) is 0 Å². The second-order valence-electron chi connectivity index (χ2n) is 4.13. The first-order valence-electron chi connectivity index (χ1n) is 5.75. The number of hydrogen-bond donors (Lipinski definition) is 2. The lowest BCUT2D eigenvalue weighted by Crippen LogP contribution is -2.35. The lowest BCUT2D eigenvalue weighted by atomic mass is 9.95. The van der Waals surface area contributed by atoms with E-state index in [4.69, 9.17) is 10.2 Å². The Hall–Kier alpha value is -1.36. The van der Waals surface area contributed by atoms with E-state index in [1.54, 1.807) is 0 Å². The number of carbonyl (C=O) groups is 1. The van der Waals surface area contributed by atoms with Crippen LogP contribution in [0.1, 0.15) is 48.5 Å². The molecule has 1 fully saturated rings. The van der Waals surface area contributed by atoms with Crippen molar-refractivity contribution in [3.05, 3.63) is 17.8 Å². The average Bonchev–Trinajstić information content (AvgIpc) is 2.79. The first-order chi connectivity index (χ1) is 7.79. The molecule has 0 spiro atoms. The fourth-order valence-electron chi connectivity index (χ4n) is 2.01. The van der Waals surface area contributed by atoms with Gasteiger partial charge in [-0.3, -0.25) is 4.79 Å². The fraction of sp³-hybridized carbons (Fsp3) is 0.636. The highest BCUT2D eigenvalue weighted by Gasteiger charge is 2.18. The normalized spacial score (nSPS) is 17.3. The quantitative estimate of drug-likeness (QED) is 0.806. The van der Waals surface area contributed by atoms with Crippen LogP contribution in [0.15, 0.2) is 10.6 Å². The number of rotatable bonds is 3. The van der Waals surface area contributed by atoms with Crippen molar-refractivity contribution in [3.8, 4) is 0 Å². The van der Waals surface area contributed by atoms with E-state index in [-0.39, 0.29) is 24.3 Å². The Balaban J connectivity index is 1.91. The number of nitrogens with zero attached hydrogens (tertiary/aromatic N) is 1. The maximum Gasteiger partial charge on any atom is 0.288 e. The molecule has 5 heteroatoms. The maximum absolute atomic E-state index is 11.8. The van der Waals surface area contributed by atoms with Gasteiger partial charge < -0.3 is 15.5 Å². The Morgan fingerprint density at radius 3 is 2.88 bits per heavy atom. The molecule has 0 saturated heterocycles. The highest BCUT2D eigenvalue weighted by Crippen LogP contribution is 2.17. The third-order valence-corrected chi connectivity index (χ3v) is 2.89. The van der Waals surface area contributed by atoms with Crippen LogP contribution in [0.25, 0.3) is 0 Å². The molecule has 1 heterocycles. The molecule has 1 aromatic rings. The van der Waals surface area contributed by atoms with Gasteiger partial charge in [0.2, 0.25) is 11.7 Å². The van der Waals surface area contributed by atoms with Gasteiger partial charge in [0, 0.05) is 6.04 Å². The van der Waals surface area contributed by atoms with Gasteiger partial charge in [0.25, 0.3) is 5.91 Å². The standard InChI is InChI=1S/C11H17N3O2/c12-6-10-13-7-9(16-10)11(15)14-8-4-2-1-3-5-8/h7-8H,1-6,12H2,(H,14,15). The summed E-state index contributed by atoms with van der Waals surface area (Å²) in [6, 6.07) is 0.285. The molecular weight excluding hydrogens is 206 g/mol. The van der Waals surface area contributed by atoms with Gasteiger partial charge in [0.15, 0.2) is 0 Å². The van der Waals surface area contributed by atoms with Gasteiger partial charge in [-0.2, -0.15) is 0 Å². The molecule has 0 aliphatic heterocycles. The predicted octanol–water partition coefficient (Wildman–Crippen LogP) is 1.20. The Morgan fingerprint density at radius 2 is 2.25 bits per heavy atom. The summed E-state index contributed by atoms with van der Waals surface area (Å²) in [5, 5.41) is 2.96. The summed E-state index contributed by atoms with van der Waals surface area (Å²) in [7, 11) is 0. The summed E-state index contributed by atoms with van der Waals surface area (Å²) < 4.78 is 5.19. The molecule has 0 bridgehead atoms. The molecule has 1 aliphatic rings. The Kier molecular flexibility index (Phi) is 3.56. The third kappa shape index (κ3) is 2.61. The van der Waals surface area contributed by atoms with Crippen molar-refractivity contribution >= 4 is 5.91 Å². The molecule has 0 aromatic carbocycles. The van der Waals surface area contributed by atoms with E-state index in [9.17, 15) is 4.79 Å². The summed E-state index contributed by atoms with van der Waals surface area (Å²) in [4.78, 5) is 15.7. The van der Waals surface area contributed by atoms with Crippen LogP contribution in [0, 0.1) is 0 Å². The summed E-state index contributed by atoms with van der Waals surface area (Å²) in [6.45, 7) is 0.219. The van der Waals surface area contributed by atoms with Crippen molar-refractivity contribution in [2.45, 2.75) is 44.7 Å². The van der Waals surface area contributed by atoms with Gasteiger partial charge in [-0.25, -0.2) is 4.98 Å². The first kappa shape index (κ1) is 11.1. The molecule has 2 rings (SSSR count). The van der Waals surface area contributed by atoms with E-state index in [1.165, 1.54) is 25.5 Å². The highest BCUT2D eigenvalue weighted by atomic mass is 16.4. The number of nitrogens with one attached hydrogen (secondary N) is 1. The molecule has 1 aliphatic carbocycles. The Morgan fingerprint density at radius 1 is 1.50 bits per heavy atom. The number of hydrogen-bond acceptors (Lipinski definition) is 4. The van der Waals surface area contributed by atoms with E-state index in [0.717, 1.165) is 12.8 Å². The number of aromatic nitrogens is 1. The Labute approximate surface area is 94.4 Å². The second kappa shape index (κ2) is 5.12. The van der Waals surface area contributed by atoms with Crippen molar-refractivity contribution in [3.63, 3.8) is 0 Å². The summed E-state index contributed by atoms with van der Waals surface area (Å²) in [5.74, 6) is 0.471. The molecule has 88 valence electrons. The van der Waals surface area contributed by atoms with E-state index < -0.39 is 0 Å². The molecule has 1 aromatic heterocycles. The van der Waals surface area contributed by atoms with Crippen molar-refractivity contribution < 1.29 is 9.21 Å². The van der Waals surface area contributed by atoms with Crippen LogP contribution in [0.3, 0.4) is 0 Å². The number of nitrogens with two attached hydrogens (primary N) is 1. The van der Waals surface area contributed by atoms with Crippen molar-refractivity contribution in [1.29, 1.82) is 0 Å². The van der Waals surface area contributed by atoms with Crippen LogP contribution < -0.4 is 11.1 Å². The smallest absolute Gasteiger partial charge is 0.288 e. The minimum Gasteiger partial charge on any atom is -0.434 e. The van der Waals surface area contributed by atoms with Crippen LogP contribution in [-0.2, 0) is 6.54 Å². The van der Waals surface area contributed by atoms with Crippen molar-refractivity contribution in [2.24, 2.45) is 5.73 Å². The van der Waals surface area contributed by atoms with E-state index in [2.05, 4.69) is 10.3 Å². The maximum atomic E-state index is 11.8. The fourth-order valence-corrected chi connectivity index (χ4v) is 2.01. The monoisotopic (exact) mass is 223 g/mol. The van der Waals surface area contributed by atoms with Crippen LogP contribution in [0.4, 0.5) is 0 Å². The zero-order valence-corrected chi connectivity index (χ0v) is 9.24. The Bertz CT molecular complexity index is 356. The topological polar surface area (TPSA) is 81.1 Å². The average molecular weight is 223 g/mol. The third-order valence-electron chi connectivity index (χ3n) is 2.89. The zero-order chi connectivity index (χ0) is 11.4. The number of amides is 1. The van der Waals surface area contributed by atoms with Gasteiger partial charge in [0.05, 0.1) is 12.7 Å². The van der Waals surface area contributed by atoms with E-state index in [1.807, 2.05) is 0 Å². The second-order valence-corrected chi connectivity index (χ2v) is 4.13. The minimum atomic E-state index is -0.181. The van der Waals surface area contributed by atoms with Crippen LogP contribution >= 0.6 is 0 Å². The lowest BCUT2D eigenvalue weighted by molar-refractivity contribution is 0.0898. The number of oxazole rings is 1. The summed E-state index contributed by atoms with van der Waals surface area (Å²) in [5.41, 5.74) is 5.36. The van der Waals surface area contributed by atoms with Gasteiger partial charge >= 0.3 is 0 Å². The van der Waals surface area contributed by atoms with Crippen LogP contribution in [0.2, 0.25) is 0 Å². The molecule has 0 atom stereocenters. The van der Waals surface area contributed by atoms with Crippen LogP contribution in [0.5, 0.6) is 0 Å². The molecule has 5 nitrogen and oxygen atoms in total. The van der Waals surface area contributed by atoms with Gasteiger partial charge in [-0.15, -0.1) is 0 Å².